The zero-order valence-corrected chi connectivity index (χ0v) is 22.2. The summed E-state index contributed by atoms with van der Waals surface area (Å²) in [6.45, 7) is 6.79. The van der Waals surface area contributed by atoms with Crippen LogP contribution in [0.4, 0.5) is 10.5 Å². The van der Waals surface area contributed by atoms with Crippen molar-refractivity contribution in [2.75, 3.05) is 18.5 Å². The lowest BCUT2D eigenvalue weighted by atomic mass is 10.1. The Balaban J connectivity index is 1.66. The molecule has 0 saturated carbocycles. The van der Waals surface area contributed by atoms with Gasteiger partial charge in [0, 0.05) is 25.0 Å². The summed E-state index contributed by atoms with van der Waals surface area (Å²) in [6.07, 6.45) is 8.63. The first-order chi connectivity index (χ1) is 17.2. The minimum atomic E-state index is -0.663. The van der Waals surface area contributed by atoms with Gasteiger partial charge in [0.1, 0.15) is 17.3 Å². The van der Waals surface area contributed by atoms with Crippen molar-refractivity contribution in [3.8, 4) is 11.3 Å². The Morgan fingerprint density at radius 3 is 2.44 bits per heavy atom. The molecule has 0 radical (unpaired) electrons. The molecule has 0 spiro atoms. The lowest BCUT2D eigenvalue weighted by molar-refractivity contribution is -0.0395. The number of halogens is 2. The van der Waals surface area contributed by atoms with Gasteiger partial charge < -0.3 is 14.2 Å². The van der Waals surface area contributed by atoms with Gasteiger partial charge in [-0.25, -0.2) is 14.2 Å². The maximum atomic E-state index is 12.7. The number of hydrogen-bond donors (Lipinski definition) is 1. The Labute approximate surface area is 220 Å². The standard InChI is InChI=1S/C25H31Cl2N5O4/c1-25(2,3)36-24(33)29-17-12-16(26)21(27)22-20(17)23(32(30-22)19-9-5-7-11-35-19)15-13-28-31(14-15)18-8-4-6-10-34-18/h12-14,18-19H,4-11H2,1-3H3,(H,29,33). The molecule has 2 unspecified atom stereocenters. The molecule has 0 aliphatic carbocycles. The van der Waals surface area contributed by atoms with Gasteiger partial charge in [-0.15, -0.1) is 0 Å². The van der Waals surface area contributed by atoms with Gasteiger partial charge in [0.2, 0.25) is 0 Å². The molecule has 2 atom stereocenters. The number of ether oxygens (including phenoxy) is 3. The third kappa shape index (κ3) is 5.20. The molecule has 2 aliphatic rings. The summed E-state index contributed by atoms with van der Waals surface area (Å²) in [4.78, 5) is 12.7. The Morgan fingerprint density at radius 1 is 1.11 bits per heavy atom. The molecule has 4 heterocycles. The van der Waals surface area contributed by atoms with E-state index in [2.05, 4.69) is 10.4 Å². The van der Waals surface area contributed by atoms with E-state index >= 15 is 0 Å². The van der Waals surface area contributed by atoms with Crippen molar-refractivity contribution < 1.29 is 19.0 Å². The van der Waals surface area contributed by atoms with Crippen LogP contribution in [0.2, 0.25) is 10.0 Å². The smallest absolute Gasteiger partial charge is 0.412 e. The minimum absolute atomic E-state index is 0.113. The number of nitrogens with zero attached hydrogens (tertiary/aromatic N) is 4. The van der Waals surface area contributed by atoms with Gasteiger partial charge in [0.15, 0.2) is 6.23 Å². The number of hydrogen-bond acceptors (Lipinski definition) is 6. The maximum absolute atomic E-state index is 12.7. The second-order valence-corrected chi connectivity index (χ2v) is 11.0. The van der Waals surface area contributed by atoms with Crippen LogP contribution < -0.4 is 5.32 Å². The number of fused-ring (bicyclic) bond motifs is 1. The number of rotatable bonds is 4. The van der Waals surface area contributed by atoms with E-state index in [0.717, 1.165) is 49.8 Å². The third-order valence-electron chi connectivity index (χ3n) is 6.26. The van der Waals surface area contributed by atoms with E-state index in [1.165, 1.54) is 0 Å². The summed E-state index contributed by atoms with van der Waals surface area (Å²) in [6, 6.07) is 1.63. The lowest BCUT2D eigenvalue weighted by Gasteiger charge is -2.24. The fourth-order valence-corrected chi connectivity index (χ4v) is 5.07. The third-order valence-corrected chi connectivity index (χ3v) is 7.04. The zero-order chi connectivity index (χ0) is 25.4. The number of carbonyl (C=O) groups excluding carboxylic acids is 1. The van der Waals surface area contributed by atoms with Gasteiger partial charge >= 0.3 is 6.09 Å². The van der Waals surface area contributed by atoms with Crippen molar-refractivity contribution in [3.05, 3.63) is 28.5 Å². The second kappa shape index (κ2) is 10.2. The highest BCUT2D eigenvalue weighted by Gasteiger charge is 2.29. The van der Waals surface area contributed by atoms with Crippen molar-refractivity contribution in [2.45, 2.75) is 77.4 Å². The molecule has 3 aromatic rings. The topological polar surface area (TPSA) is 92.4 Å². The van der Waals surface area contributed by atoms with Crippen LogP contribution in [-0.4, -0.2) is 44.5 Å². The van der Waals surface area contributed by atoms with E-state index in [1.807, 2.05) is 36.3 Å². The number of amides is 1. The van der Waals surface area contributed by atoms with Crippen LogP contribution in [0.15, 0.2) is 18.5 Å². The summed E-state index contributed by atoms with van der Waals surface area (Å²) in [5.41, 5.74) is 1.81. The molecule has 2 fully saturated rings. The monoisotopic (exact) mass is 535 g/mol. The van der Waals surface area contributed by atoms with E-state index < -0.39 is 11.7 Å². The molecule has 11 heteroatoms. The van der Waals surface area contributed by atoms with Crippen LogP contribution >= 0.6 is 23.2 Å². The van der Waals surface area contributed by atoms with E-state index in [0.29, 0.717) is 34.8 Å². The number of carbonyl (C=O) groups is 1. The number of anilines is 1. The van der Waals surface area contributed by atoms with E-state index in [1.54, 1.807) is 12.3 Å². The van der Waals surface area contributed by atoms with Crippen LogP contribution in [0.3, 0.4) is 0 Å². The van der Waals surface area contributed by atoms with Gasteiger partial charge in [-0.05, 0) is 65.4 Å². The van der Waals surface area contributed by atoms with Crippen LogP contribution in [0.5, 0.6) is 0 Å². The van der Waals surface area contributed by atoms with Crippen molar-refractivity contribution in [1.82, 2.24) is 19.6 Å². The van der Waals surface area contributed by atoms with E-state index in [9.17, 15) is 4.79 Å². The predicted octanol–water partition coefficient (Wildman–Crippen LogP) is 6.95. The van der Waals surface area contributed by atoms with Crippen molar-refractivity contribution >= 4 is 45.9 Å². The molecular formula is C25H31Cl2N5O4. The summed E-state index contributed by atoms with van der Waals surface area (Å²) in [5, 5.41) is 13.5. The number of nitrogens with one attached hydrogen (secondary N) is 1. The first-order valence-corrected chi connectivity index (χ1v) is 13.1. The SMILES string of the molecule is CC(C)(C)OC(=O)Nc1cc(Cl)c(Cl)c2nn(C3CCCCO3)c(-c3cnn(C4CCCCO4)c3)c12. The normalized spacial score (nSPS) is 21.0. The average molecular weight is 536 g/mol. The van der Waals surface area contributed by atoms with Gasteiger partial charge in [-0.2, -0.15) is 10.2 Å². The van der Waals surface area contributed by atoms with E-state index in [4.69, 9.17) is 42.5 Å². The molecule has 9 nitrogen and oxygen atoms in total. The Bertz CT molecular complexity index is 1250. The highest BCUT2D eigenvalue weighted by Crippen LogP contribution is 2.43. The minimum Gasteiger partial charge on any atom is -0.444 e. The number of benzene rings is 1. The highest BCUT2D eigenvalue weighted by molar-refractivity contribution is 6.46. The van der Waals surface area contributed by atoms with Crippen LogP contribution in [0, 0.1) is 0 Å². The Kier molecular flexibility index (Phi) is 7.18. The van der Waals surface area contributed by atoms with Crippen molar-refractivity contribution in [1.29, 1.82) is 0 Å². The highest BCUT2D eigenvalue weighted by atomic mass is 35.5. The molecule has 1 N–H and O–H groups in total. The molecule has 194 valence electrons. The molecular weight excluding hydrogens is 505 g/mol. The number of aromatic nitrogens is 4. The molecule has 0 bridgehead atoms. The Morgan fingerprint density at radius 2 is 1.81 bits per heavy atom. The largest absolute Gasteiger partial charge is 0.444 e. The van der Waals surface area contributed by atoms with Gasteiger partial charge in [0.05, 0.1) is 33.0 Å². The average Bonchev–Trinajstić information content (AvgIpc) is 3.48. The Hall–Kier alpha value is -2.33. The van der Waals surface area contributed by atoms with Gasteiger partial charge in [-0.1, -0.05) is 23.2 Å². The van der Waals surface area contributed by atoms with Gasteiger partial charge in [0.25, 0.3) is 0 Å². The summed E-state index contributed by atoms with van der Waals surface area (Å²) in [7, 11) is 0. The molecule has 2 aromatic heterocycles. The molecule has 5 rings (SSSR count). The lowest BCUT2D eigenvalue weighted by Crippen LogP contribution is -2.27. The van der Waals surface area contributed by atoms with Crippen LogP contribution in [0.25, 0.3) is 22.2 Å². The molecule has 2 aliphatic heterocycles. The summed E-state index contributed by atoms with van der Waals surface area (Å²) < 4.78 is 21.2. The van der Waals surface area contributed by atoms with Crippen LogP contribution in [-0.2, 0) is 14.2 Å². The van der Waals surface area contributed by atoms with E-state index in [-0.39, 0.29) is 17.5 Å². The quantitative estimate of drug-likeness (QED) is 0.388. The molecule has 1 aromatic carbocycles. The van der Waals surface area contributed by atoms with Crippen LogP contribution in [0.1, 0.15) is 71.8 Å². The summed E-state index contributed by atoms with van der Waals surface area (Å²) >= 11 is 13.1. The zero-order valence-electron chi connectivity index (χ0n) is 20.7. The second-order valence-electron chi connectivity index (χ2n) is 10.2. The fraction of sp³-hybridized carbons (Fsp3) is 0.560. The maximum Gasteiger partial charge on any atom is 0.412 e. The predicted molar refractivity (Wildman–Crippen MR) is 139 cm³/mol. The fourth-order valence-electron chi connectivity index (χ4n) is 4.68. The summed E-state index contributed by atoms with van der Waals surface area (Å²) in [5.74, 6) is 0. The molecule has 36 heavy (non-hydrogen) atoms. The first kappa shape index (κ1) is 25.3. The first-order valence-electron chi connectivity index (χ1n) is 12.4. The molecule has 2 saturated heterocycles. The van der Waals surface area contributed by atoms with Crippen molar-refractivity contribution in [2.24, 2.45) is 0 Å². The van der Waals surface area contributed by atoms with Gasteiger partial charge in [-0.3, -0.25) is 5.32 Å². The molecule has 1 amide bonds. The van der Waals surface area contributed by atoms with Crippen molar-refractivity contribution in [3.63, 3.8) is 0 Å².